The van der Waals surface area contributed by atoms with Crippen molar-refractivity contribution in [2.24, 2.45) is 0 Å². The molecule has 0 N–H and O–H groups in total. The molecule has 0 spiro atoms. The van der Waals surface area contributed by atoms with Crippen LogP contribution in [0.1, 0.15) is 213 Å². The van der Waals surface area contributed by atoms with Crippen molar-refractivity contribution in [2.75, 3.05) is 0 Å². The molecule has 0 aliphatic carbocycles. The van der Waals surface area contributed by atoms with E-state index in [0.717, 1.165) is 0 Å². The first-order valence-corrected chi connectivity index (χ1v) is 17.7. The lowest BCUT2D eigenvalue weighted by molar-refractivity contribution is 0.409. The van der Waals surface area contributed by atoms with Crippen molar-refractivity contribution in [3.63, 3.8) is 0 Å². The molecule has 0 aromatic rings. The predicted octanol–water partition coefficient (Wildman–Crippen LogP) is 13.9. The fourth-order valence-corrected chi connectivity index (χ4v) is 6.47. The van der Waals surface area contributed by atoms with Crippen molar-refractivity contribution in [3.8, 4) is 0 Å². The van der Waals surface area contributed by atoms with Gasteiger partial charge in [0.05, 0.1) is 0 Å². The molecule has 0 aromatic heterocycles. The molecule has 0 aliphatic rings. The second-order valence-electron chi connectivity index (χ2n) is 11.9. The second kappa shape index (κ2) is 29.0. The summed E-state index contributed by atoms with van der Waals surface area (Å²) in [6, 6.07) is 0. The lowest BCUT2D eigenvalue weighted by Crippen LogP contribution is -2.21. The highest BCUT2D eigenvalue weighted by molar-refractivity contribution is 9.10. The number of hydrogen-bond acceptors (Lipinski definition) is 0. The van der Waals surface area contributed by atoms with Crippen LogP contribution in [0.25, 0.3) is 0 Å². The summed E-state index contributed by atoms with van der Waals surface area (Å²) in [5, 5.41) is 0. The number of unbranched alkanes of at least 4 members (excludes halogenated alkanes) is 24. The van der Waals surface area contributed by atoms with Crippen LogP contribution in [0, 0.1) is 0 Å². The first-order valence-electron chi connectivity index (χ1n) is 16.9. The molecule has 1 heteroatoms. The Bertz CT molecular complexity index is 322. The van der Waals surface area contributed by atoms with E-state index in [9.17, 15) is 0 Å². The molecule has 0 heterocycles. The van der Waals surface area contributed by atoms with Gasteiger partial charge < -0.3 is 0 Å². The molecular weight excluding hydrogens is 488 g/mol. The third kappa shape index (κ3) is 27.3. The largest absolute Gasteiger partial charge is 0.0853 e. The van der Waals surface area contributed by atoms with Crippen LogP contribution in [0.4, 0.5) is 0 Å². The number of alkyl halides is 1. The number of rotatable bonds is 30. The molecule has 0 nitrogen and oxygen atoms in total. The van der Waals surface area contributed by atoms with Crippen molar-refractivity contribution in [2.45, 2.75) is 218 Å². The molecule has 212 valence electrons. The Hall–Kier alpha value is 0.480. The Morgan fingerprint density at radius 1 is 0.286 bits per heavy atom. The molecule has 35 heavy (non-hydrogen) atoms. The van der Waals surface area contributed by atoms with Crippen LogP contribution >= 0.6 is 15.9 Å². The normalized spacial score (nSPS) is 12.0. The van der Waals surface area contributed by atoms with Crippen LogP contribution in [0.3, 0.4) is 0 Å². The summed E-state index contributed by atoms with van der Waals surface area (Å²) in [5.41, 5.74) is 0. The summed E-state index contributed by atoms with van der Waals surface area (Å²) in [6.07, 6.45) is 43.3. The highest BCUT2D eigenvalue weighted by atomic mass is 79.9. The maximum atomic E-state index is 4.32. The van der Waals surface area contributed by atoms with Gasteiger partial charge in [-0.3, -0.25) is 0 Å². The van der Waals surface area contributed by atoms with Gasteiger partial charge in [0.25, 0.3) is 0 Å². The fraction of sp³-hybridized carbons (Fsp3) is 1.00. The highest BCUT2D eigenvalue weighted by Crippen LogP contribution is 2.37. The quantitative estimate of drug-likeness (QED) is 0.0608. The van der Waals surface area contributed by atoms with Crippen LogP contribution in [0.2, 0.25) is 0 Å². The molecule has 0 saturated heterocycles. The minimum atomic E-state index is 0.441. The zero-order valence-corrected chi connectivity index (χ0v) is 26.7. The van der Waals surface area contributed by atoms with Gasteiger partial charge in [-0.15, -0.1) is 0 Å². The Kier molecular flexibility index (Phi) is 29.4. The SMILES string of the molecule is CCCCCCCCCCCC(Br)(CCCCCCCCCCC)CCCCCCCCCCC. The Balaban J connectivity index is 4.05. The topological polar surface area (TPSA) is 0 Å². The summed E-state index contributed by atoms with van der Waals surface area (Å²) in [5.74, 6) is 0. The third-order valence-corrected chi connectivity index (χ3v) is 9.37. The monoisotopic (exact) mass is 556 g/mol. The minimum absolute atomic E-state index is 0.441. The third-order valence-electron chi connectivity index (χ3n) is 8.19. The van der Waals surface area contributed by atoms with Crippen LogP contribution < -0.4 is 0 Å². The molecule has 0 radical (unpaired) electrons. The first kappa shape index (κ1) is 35.5. The summed E-state index contributed by atoms with van der Waals surface area (Å²) in [7, 11) is 0. The molecule has 0 amide bonds. The molecule has 0 fully saturated rings. The lowest BCUT2D eigenvalue weighted by Gasteiger charge is -2.28. The van der Waals surface area contributed by atoms with Gasteiger partial charge >= 0.3 is 0 Å². The van der Waals surface area contributed by atoms with Crippen LogP contribution in [-0.2, 0) is 0 Å². The summed E-state index contributed by atoms with van der Waals surface area (Å²) in [6.45, 7) is 6.95. The number of hydrogen-bond donors (Lipinski definition) is 0. The van der Waals surface area contributed by atoms with Crippen molar-refractivity contribution in [1.29, 1.82) is 0 Å². The van der Waals surface area contributed by atoms with Gasteiger partial charge in [-0.25, -0.2) is 0 Å². The molecule has 0 rings (SSSR count). The van der Waals surface area contributed by atoms with E-state index < -0.39 is 0 Å². The van der Waals surface area contributed by atoms with Crippen molar-refractivity contribution >= 4 is 15.9 Å². The molecule has 0 aliphatic heterocycles. The summed E-state index contributed by atoms with van der Waals surface area (Å²) in [4.78, 5) is 0. The van der Waals surface area contributed by atoms with Gasteiger partial charge in [0.15, 0.2) is 0 Å². The first-order chi connectivity index (χ1) is 17.2. The molecule has 0 atom stereocenters. The summed E-state index contributed by atoms with van der Waals surface area (Å²) < 4.78 is 0.441. The van der Waals surface area contributed by atoms with E-state index in [-0.39, 0.29) is 0 Å². The Labute approximate surface area is 233 Å². The fourth-order valence-electron chi connectivity index (χ4n) is 5.63. The van der Waals surface area contributed by atoms with Crippen molar-refractivity contribution in [1.82, 2.24) is 0 Å². The van der Waals surface area contributed by atoms with E-state index in [4.69, 9.17) is 0 Å². The average molecular weight is 558 g/mol. The van der Waals surface area contributed by atoms with E-state index >= 15 is 0 Å². The van der Waals surface area contributed by atoms with E-state index in [2.05, 4.69) is 36.7 Å². The molecule has 0 aromatic carbocycles. The minimum Gasteiger partial charge on any atom is -0.0853 e. The lowest BCUT2D eigenvalue weighted by atomic mass is 9.89. The average Bonchev–Trinajstić information content (AvgIpc) is 2.86. The Morgan fingerprint density at radius 3 is 0.657 bits per heavy atom. The maximum Gasteiger partial charge on any atom is 0.0258 e. The van der Waals surface area contributed by atoms with Crippen LogP contribution in [0.5, 0.6) is 0 Å². The standard InChI is InChI=1S/C34H69Br/c1-4-7-10-13-16-19-22-25-28-31-34(35,32-29-26-23-20-17-14-11-8-5-2)33-30-27-24-21-18-15-12-9-6-3/h4-33H2,1-3H3. The molecular formula is C34H69Br. The van der Waals surface area contributed by atoms with Gasteiger partial charge in [-0.2, -0.15) is 0 Å². The van der Waals surface area contributed by atoms with Crippen molar-refractivity contribution in [3.05, 3.63) is 0 Å². The molecule has 0 bridgehead atoms. The van der Waals surface area contributed by atoms with Gasteiger partial charge in [0.2, 0.25) is 0 Å². The van der Waals surface area contributed by atoms with E-state index in [1.807, 2.05) is 0 Å². The van der Waals surface area contributed by atoms with Crippen molar-refractivity contribution < 1.29 is 0 Å². The van der Waals surface area contributed by atoms with E-state index in [0.29, 0.717) is 4.32 Å². The maximum absolute atomic E-state index is 4.32. The zero-order chi connectivity index (χ0) is 25.7. The number of halogens is 1. The molecule has 0 saturated carbocycles. The van der Waals surface area contributed by atoms with Gasteiger partial charge in [-0.1, -0.05) is 210 Å². The highest BCUT2D eigenvalue weighted by Gasteiger charge is 2.25. The van der Waals surface area contributed by atoms with Crippen LogP contribution in [-0.4, -0.2) is 4.32 Å². The predicted molar refractivity (Wildman–Crippen MR) is 167 cm³/mol. The Morgan fingerprint density at radius 2 is 0.457 bits per heavy atom. The zero-order valence-electron chi connectivity index (χ0n) is 25.1. The van der Waals surface area contributed by atoms with Gasteiger partial charge in [0.1, 0.15) is 0 Å². The van der Waals surface area contributed by atoms with E-state index in [1.165, 1.54) is 193 Å². The van der Waals surface area contributed by atoms with Gasteiger partial charge in [0, 0.05) is 4.32 Å². The molecule has 0 unspecified atom stereocenters. The van der Waals surface area contributed by atoms with Gasteiger partial charge in [-0.05, 0) is 19.3 Å². The summed E-state index contributed by atoms with van der Waals surface area (Å²) >= 11 is 4.32. The second-order valence-corrected chi connectivity index (χ2v) is 13.6. The van der Waals surface area contributed by atoms with Crippen LogP contribution in [0.15, 0.2) is 0 Å². The van der Waals surface area contributed by atoms with E-state index in [1.54, 1.807) is 0 Å². The smallest absolute Gasteiger partial charge is 0.0258 e.